The molecule has 1 fully saturated rings. The number of hydrogen-bond acceptors (Lipinski definition) is 2. The van der Waals surface area contributed by atoms with Crippen LogP contribution in [0.3, 0.4) is 0 Å². The van der Waals surface area contributed by atoms with Crippen LogP contribution < -0.4 is 5.32 Å². The number of alkyl halides is 2. The highest BCUT2D eigenvalue weighted by Crippen LogP contribution is 2.38. The Morgan fingerprint density at radius 3 is 2.67 bits per heavy atom. The first-order chi connectivity index (χ1) is 8.49. The topological polar surface area (TPSA) is 32.3 Å². The molecule has 18 heavy (non-hydrogen) atoms. The summed E-state index contributed by atoms with van der Waals surface area (Å²) in [5.74, 6) is -3.01. The quantitative estimate of drug-likeness (QED) is 0.645. The molecule has 5 heteroatoms. The van der Waals surface area contributed by atoms with Crippen LogP contribution in [0.2, 0.25) is 0 Å². The maximum absolute atomic E-state index is 14.1. The van der Waals surface area contributed by atoms with Crippen LogP contribution in [0, 0.1) is 5.92 Å². The summed E-state index contributed by atoms with van der Waals surface area (Å²) >= 11 is 11.1. The van der Waals surface area contributed by atoms with Crippen LogP contribution in [0.25, 0.3) is 0 Å². The number of halogens is 2. The average molecular weight is 288 g/mol. The standard InChI is InChI=1S/C13H15ClFNOS/c14-9-6-7-11(13(15,17)8-9)12(18)16-10-4-2-1-3-5-10/h1-5,9,11,17H,6-8H2,(H,16,18). The number of aliphatic hydroxyl groups is 1. The summed E-state index contributed by atoms with van der Waals surface area (Å²) < 4.78 is 14.1. The minimum Gasteiger partial charge on any atom is -0.361 e. The first-order valence-corrected chi connectivity index (χ1v) is 6.75. The second-order valence-corrected chi connectivity index (χ2v) is 5.66. The second-order valence-electron chi connectivity index (χ2n) is 4.61. The molecule has 2 N–H and O–H groups in total. The van der Waals surface area contributed by atoms with Crippen LogP contribution in [0.5, 0.6) is 0 Å². The van der Waals surface area contributed by atoms with Crippen molar-refractivity contribution in [1.29, 1.82) is 0 Å². The predicted octanol–water partition coefficient (Wildman–Crippen LogP) is 3.49. The van der Waals surface area contributed by atoms with E-state index in [0.717, 1.165) is 5.69 Å². The molecule has 0 aromatic heterocycles. The fourth-order valence-electron chi connectivity index (χ4n) is 2.21. The largest absolute Gasteiger partial charge is 0.361 e. The van der Waals surface area contributed by atoms with E-state index in [9.17, 15) is 9.50 Å². The molecule has 0 radical (unpaired) electrons. The van der Waals surface area contributed by atoms with Gasteiger partial charge in [0.25, 0.3) is 0 Å². The van der Waals surface area contributed by atoms with Crippen molar-refractivity contribution in [2.75, 3.05) is 5.32 Å². The third-order valence-electron chi connectivity index (χ3n) is 3.17. The third kappa shape index (κ3) is 3.19. The van der Waals surface area contributed by atoms with E-state index in [4.69, 9.17) is 23.8 Å². The van der Waals surface area contributed by atoms with Gasteiger partial charge in [-0.2, -0.15) is 0 Å². The van der Waals surface area contributed by atoms with Gasteiger partial charge in [0.1, 0.15) is 0 Å². The number of hydrogen-bond donors (Lipinski definition) is 2. The van der Waals surface area contributed by atoms with Crippen molar-refractivity contribution in [3.05, 3.63) is 30.3 Å². The lowest BCUT2D eigenvalue weighted by atomic mass is 9.84. The Kier molecular flexibility index (Phi) is 4.20. The molecular weight excluding hydrogens is 273 g/mol. The maximum atomic E-state index is 14.1. The van der Waals surface area contributed by atoms with E-state index in [1.807, 2.05) is 30.3 Å². The minimum absolute atomic E-state index is 0.0736. The van der Waals surface area contributed by atoms with E-state index < -0.39 is 11.8 Å². The van der Waals surface area contributed by atoms with Crippen LogP contribution in [-0.4, -0.2) is 21.3 Å². The van der Waals surface area contributed by atoms with Crippen LogP contribution in [0.1, 0.15) is 19.3 Å². The zero-order chi connectivity index (χ0) is 13.2. The molecule has 0 heterocycles. The van der Waals surface area contributed by atoms with Crippen LogP contribution in [-0.2, 0) is 0 Å². The molecule has 1 aromatic rings. The van der Waals surface area contributed by atoms with Gasteiger partial charge in [-0.1, -0.05) is 30.4 Å². The molecular formula is C13H15ClFNOS. The molecule has 0 aliphatic heterocycles. The molecule has 1 aliphatic carbocycles. The second kappa shape index (κ2) is 5.51. The third-order valence-corrected chi connectivity index (χ3v) is 3.93. The van der Waals surface area contributed by atoms with Gasteiger partial charge in [-0.25, -0.2) is 4.39 Å². The molecule has 2 nitrogen and oxygen atoms in total. The van der Waals surface area contributed by atoms with Gasteiger partial charge in [0.05, 0.1) is 10.9 Å². The zero-order valence-corrected chi connectivity index (χ0v) is 11.3. The first-order valence-electron chi connectivity index (χ1n) is 5.90. The molecule has 0 spiro atoms. The van der Waals surface area contributed by atoms with E-state index in [0.29, 0.717) is 17.8 Å². The summed E-state index contributed by atoms with van der Waals surface area (Å²) in [6.45, 7) is 0. The number of anilines is 1. The first kappa shape index (κ1) is 13.7. The fourth-order valence-corrected chi connectivity index (χ4v) is 2.97. The van der Waals surface area contributed by atoms with Gasteiger partial charge in [-0.05, 0) is 25.0 Å². The summed E-state index contributed by atoms with van der Waals surface area (Å²) in [5.41, 5.74) is 0.797. The van der Waals surface area contributed by atoms with Crippen molar-refractivity contribution in [2.24, 2.45) is 5.92 Å². The lowest BCUT2D eigenvalue weighted by molar-refractivity contribution is -0.133. The fraction of sp³-hybridized carbons (Fsp3) is 0.462. The van der Waals surface area contributed by atoms with Crippen LogP contribution in [0.15, 0.2) is 30.3 Å². The Morgan fingerprint density at radius 1 is 1.39 bits per heavy atom. The monoisotopic (exact) mass is 287 g/mol. The van der Waals surface area contributed by atoms with Crippen LogP contribution >= 0.6 is 23.8 Å². The number of nitrogens with one attached hydrogen (secondary N) is 1. The van der Waals surface area contributed by atoms with E-state index >= 15 is 0 Å². The Bertz CT molecular complexity index is 426. The van der Waals surface area contributed by atoms with E-state index in [1.54, 1.807) is 0 Å². The normalized spacial score (nSPS) is 31.9. The zero-order valence-electron chi connectivity index (χ0n) is 9.77. The summed E-state index contributed by atoms with van der Waals surface area (Å²) in [6, 6.07) is 9.30. The summed E-state index contributed by atoms with van der Waals surface area (Å²) in [4.78, 5) is 0.328. The number of para-hydroxylation sites is 1. The van der Waals surface area contributed by atoms with Gasteiger partial charge in [0.2, 0.25) is 5.85 Å². The SMILES string of the molecule is OC1(F)CC(Cl)CCC1C(=S)Nc1ccccc1. The molecule has 98 valence electrons. The van der Waals surface area contributed by atoms with Crippen molar-refractivity contribution < 1.29 is 9.50 Å². The van der Waals surface area contributed by atoms with E-state index in [1.165, 1.54) is 0 Å². The summed E-state index contributed by atoms with van der Waals surface area (Å²) in [6.07, 6.45) is 1.05. The van der Waals surface area contributed by atoms with Crippen molar-refractivity contribution in [1.82, 2.24) is 0 Å². The minimum atomic E-state index is -2.32. The van der Waals surface area contributed by atoms with Gasteiger partial charge in [0, 0.05) is 17.5 Å². The Labute approximate surface area is 116 Å². The molecule has 2 rings (SSSR count). The lowest BCUT2D eigenvalue weighted by Crippen LogP contribution is -2.45. The average Bonchev–Trinajstić information content (AvgIpc) is 2.28. The number of thiocarbonyl (C=S) groups is 1. The Hall–Kier alpha value is -0.710. The van der Waals surface area contributed by atoms with Crippen molar-refractivity contribution in [3.8, 4) is 0 Å². The van der Waals surface area contributed by atoms with Crippen molar-refractivity contribution >= 4 is 34.5 Å². The van der Waals surface area contributed by atoms with Crippen LogP contribution in [0.4, 0.5) is 10.1 Å². The summed E-state index contributed by atoms with van der Waals surface area (Å²) in [5, 5.41) is 12.4. The van der Waals surface area contributed by atoms with Gasteiger partial charge >= 0.3 is 0 Å². The van der Waals surface area contributed by atoms with Gasteiger partial charge in [0.15, 0.2) is 0 Å². The molecule has 0 bridgehead atoms. The molecule has 3 atom stereocenters. The smallest absolute Gasteiger partial charge is 0.217 e. The molecule has 1 aliphatic rings. The van der Waals surface area contributed by atoms with Crippen molar-refractivity contribution in [2.45, 2.75) is 30.5 Å². The lowest BCUT2D eigenvalue weighted by Gasteiger charge is -2.36. The molecule has 1 saturated carbocycles. The van der Waals surface area contributed by atoms with Gasteiger partial charge < -0.3 is 10.4 Å². The highest BCUT2D eigenvalue weighted by atomic mass is 35.5. The van der Waals surface area contributed by atoms with Crippen molar-refractivity contribution in [3.63, 3.8) is 0 Å². The Morgan fingerprint density at radius 2 is 2.06 bits per heavy atom. The molecule has 0 amide bonds. The molecule has 1 aromatic carbocycles. The number of benzene rings is 1. The number of rotatable bonds is 2. The highest BCUT2D eigenvalue weighted by molar-refractivity contribution is 7.80. The van der Waals surface area contributed by atoms with Gasteiger partial charge in [-0.3, -0.25) is 0 Å². The highest BCUT2D eigenvalue weighted by Gasteiger charge is 2.44. The van der Waals surface area contributed by atoms with Gasteiger partial charge in [-0.15, -0.1) is 11.6 Å². The predicted molar refractivity (Wildman–Crippen MR) is 75.7 cm³/mol. The summed E-state index contributed by atoms with van der Waals surface area (Å²) in [7, 11) is 0. The van der Waals surface area contributed by atoms with E-state index in [2.05, 4.69) is 5.32 Å². The maximum Gasteiger partial charge on any atom is 0.217 e. The van der Waals surface area contributed by atoms with E-state index in [-0.39, 0.29) is 11.8 Å². The molecule has 0 saturated heterocycles. The molecule has 3 unspecified atom stereocenters. The Balaban J connectivity index is 2.05.